The van der Waals surface area contributed by atoms with E-state index in [2.05, 4.69) is 34.4 Å². The zero-order chi connectivity index (χ0) is 13.9. The standard InChI is InChI=1S/C15H24N2O2/c1-15(2,3)19-14(18)16-12-6-8-13(9-7-12)17-10-4-5-11-17/h4-5,10-13H,6-9H2,1-3H3,(H,16,18). The van der Waals surface area contributed by atoms with E-state index in [1.165, 1.54) is 0 Å². The Bertz CT molecular complexity index is 398. The Balaban J connectivity index is 1.76. The maximum Gasteiger partial charge on any atom is 0.407 e. The van der Waals surface area contributed by atoms with E-state index in [1.54, 1.807) is 0 Å². The van der Waals surface area contributed by atoms with Crippen molar-refractivity contribution in [1.82, 2.24) is 9.88 Å². The average Bonchev–Trinajstić information content (AvgIpc) is 2.80. The summed E-state index contributed by atoms with van der Waals surface area (Å²) in [6, 6.07) is 4.95. The first-order valence-electron chi connectivity index (χ1n) is 7.06. The number of hydrogen-bond donors (Lipinski definition) is 1. The van der Waals surface area contributed by atoms with Crippen LogP contribution in [0, 0.1) is 0 Å². The fourth-order valence-electron chi connectivity index (χ4n) is 2.58. The van der Waals surface area contributed by atoms with Gasteiger partial charge in [-0.1, -0.05) is 0 Å². The van der Waals surface area contributed by atoms with Crippen molar-refractivity contribution in [2.45, 2.75) is 64.1 Å². The lowest BCUT2D eigenvalue weighted by Crippen LogP contribution is -2.41. The molecule has 1 aromatic rings. The number of alkyl carbamates (subject to hydrolysis) is 1. The molecule has 106 valence electrons. The number of nitrogens with zero attached hydrogens (tertiary/aromatic N) is 1. The Labute approximate surface area is 115 Å². The van der Waals surface area contributed by atoms with Crippen LogP contribution in [0.1, 0.15) is 52.5 Å². The van der Waals surface area contributed by atoms with Gasteiger partial charge in [0.2, 0.25) is 0 Å². The third kappa shape index (κ3) is 4.30. The van der Waals surface area contributed by atoms with Crippen LogP contribution in [-0.2, 0) is 4.74 Å². The van der Waals surface area contributed by atoms with Crippen molar-refractivity contribution in [2.75, 3.05) is 0 Å². The number of nitrogens with one attached hydrogen (secondary N) is 1. The minimum absolute atomic E-state index is 0.252. The Morgan fingerprint density at radius 1 is 1.16 bits per heavy atom. The topological polar surface area (TPSA) is 43.3 Å². The number of rotatable bonds is 2. The van der Waals surface area contributed by atoms with Crippen LogP contribution in [-0.4, -0.2) is 22.3 Å². The highest BCUT2D eigenvalue weighted by atomic mass is 16.6. The van der Waals surface area contributed by atoms with E-state index < -0.39 is 5.60 Å². The summed E-state index contributed by atoms with van der Waals surface area (Å²) in [5.74, 6) is 0. The monoisotopic (exact) mass is 264 g/mol. The van der Waals surface area contributed by atoms with Crippen LogP contribution < -0.4 is 5.32 Å². The van der Waals surface area contributed by atoms with E-state index in [1.807, 2.05) is 20.8 Å². The molecule has 1 amide bonds. The molecular formula is C15H24N2O2. The predicted molar refractivity (Wildman–Crippen MR) is 75.1 cm³/mol. The van der Waals surface area contributed by atoms with Crippen LogP contribution >= 0.6 is 0 Å². The molecule has 0 radical (unpaired) electrons. The number of aromatic nitrogens is 1. The molecule has 1 heterocycles. The maximum atomic E-state index is 11.7. The summed E-state index contributed by atoms with van der Waals surface area (Å²) < 4.78 is 7.55. The van der Waals surface area contributed by atoms with E-state index in [-0.39, 0.29) is 12.1 Å². The smallest absolute Gasteiger partial charge is 0.407 e. The minimum atomic E-state index is -0.424. The van der Waals surface area contributed by atoms with E-state index >= 15 is 0 Å². The number of amides is 1. The normalized spacial score (nSPS) is 23.9. The zero-order valence-corrected chi connectivity index (χ0v) is 12.1. The first-order valence-corrected chi connectivity index (χ1v) is 7.06. The number of carbonyl (C=O) groups excluding carboxylic acids is 1. The van der Waals surface area contributed by atoms with Crippen LogP contribution in [0.15, 0.2) is 24.5 Å². The van der Waals surface area contributed by atoms with Crippen molar-refractivity contribution < 1.29 is 9.53 Å². The van der Waals surface area contributed by atoms with Gasteiger partial charge in [-0.3, -0.25) is 0 Å². The third-order valence-corrected chi connectivity index (χ3v) is 3.47. The fourth-order valence-corrected chi connectivity index (χ4v) is 2.58. The third-order valence-electron chi connectivity index (χ3n) is 3.47. The summed E-state index contributed by atoms with van der Waals surface area (Å²) in [6.07, 6.45) is 8.18. The second-order valence-electron chi connectivity index (χ2n) is 6.28. The lowest BCUT2D eigenvalue weighted by atomic mass is 9.91. The molecule has 19 heavy (non-hydrogen) atoms. The molecule has 1 N–H and O–H groups in total. The van der Waals surface area contributed by atoms with E-state index in [0.29, 0.717) is 6.04 Å². The van der Waals surface area contributed by atoms with Crippen molar-refractivity contribution in [2.24, 2.45) is 0 Å². The molecule has 0 spiro atoms. The Kier molecular flexibility index (Phi) is 4.17. The summed E-state index contributed by atoms with van der Waals surface area (Å²) in [5, 5.41) is 2.97. The van der Waals surface area contributed by atoms with E-state index in [4.69, 9.17) is 4.74 Å². The first-order chi connectivity index (χ1) is 8.94. The summed E-state index contributed by atoms with van der Waals surface area (Å²) in [7, 11) is 0. The van der Waals surface area contributed by atoms with E-state index in [0.717, 1.165) is 25.7 Å². The summed E-state index contributed by atoms with van der Waals surface area (Å²) in [4.78, 5) is 11.7. The van der Waals surface area contributed by atoms with Crippen molar-refractivity contribution in [3.63, 3.8) is 0 Å². The van der Waals surface area contributed by atoms with E-state index in [9.17, 15) is 4.79 Å². The van der Waals surface area contributed by atoms with Crippen molar-refractivity contribution >= 4 is 6.09 Å². The molecule has 4 heteroatoms. The molecule has 4 nitrogen and oxygen atoms in total. The van der Waals surface area contributed by atoms with Gasteiger partial charge in [0, 0.05) is 24.5 Å². The second kappa shape index (κ2) is 5.68. The van der Waals surface area contributed by atoms with Gasteiger partial charge in [-0.05, 0) is 58.6 Å². The highest BCUT2D eigenvalue weighted by molar-refractivity contribution is 5.68. The molecule has 0 aromatic carbocycles. The van der Waals surface area contributed by atoms with Crippen LogP contribution in [0.5, 0.6) is 0 Å². The van der Waals surface area contributed by atoms with Crippen molar-refractivity contribution in [3.05, 3.63) is 24.5 Å². The predicted octanol–water partition coefficient (Wildman–Crippen LogP) is 3.50. The molecule has 1 fully saturated rings. The van der Waals surface area contributed by atoms with Crippen LogP contribution in [0.4, 0.5) is 4.79 Å². The van der Waals surface area contributed by atoms with Gasteiger partial charge in [-0.15, -0.1) is 0 Å². The summed E-state index contributed by atoms with van der Waals surface area (Å²) >= 11 is 0. The first kappa shape index (κ1) is 14.0. The molecule has 0 saturated heterocycles. The molecular weight excluding hydrogens is 240 g/mol. The Hall–Kier alpha value is -1.45. The average molecular weight is 264 g/mol. The molecule has 0 aliphatic heterocycles. The van der Waals surface area contributed by atoms with Gasteiger partial charge in [0.15, 0.2) is 0 Å². The number of hydrogen-bond acceptors (Lipinski definition) is 2. The van der Waals surface area contributed by atoms with Gasteiger partial charge in [0.25, 0.3) is 0 Å². The van der Waals surface area contributed by atoms with Gasteiger partial charge in [-0.2, -0.15) is 0 Å². The molecule has 0 atom stereocenters. The lowest BCUT2D eigenvalue weighted by Gasteiger charge is -2.30. The Morgan fingerprint density at radius 3 is 2.26 bits per heavy atom. The van der Waals surface area contributed by atoms with Crippen molar-refractivity contribution in [1.29, 1.82) is 0 Å². The molecule has 0 bridgehead atoms. The summed E-state index contributed by atoms with van der Waals surface area (Å²) in [5.41, 5.74) is -0.424. The van der Waals surface area contributed by atoms with Gasteiger partial charge >= 0.3 is 6.09 Å². The van der Waals surface area contributed by atoms with Gasteiger partial charge in [0.1, 0.15) is 5.60 Å². The largest absolute Gasteiger partial charge is 0.444 e. The SMILES string of the molecule is CC(C)(C)OC(=O)NC1CCC(n2cccc2)CC1. The summed E-state index contributed by atoms with van der Waals surface area (Å²) in [6.45, 7) is 5.65. The van der Waals surface area contributed by atoms with Crippen LogP contribution in [0.3, 0.4) is 0 Å². The van der Waals surface area contributed by atoms with Gasteiger partial charge < -0.3 is 14.6 Å². The highest BCUT2D eigenvalue weighted by Crippen LogP contribution is 2.28. The number of ether oxygens (including phenoxy) is 1. The number of carbonyl (C=O) groups is 1. The van der Waals surface area contributed by atoms with Crippen molar-refractivity contribution in [3.8, 4) is 0 Å². The Morgan fingerprint density at radius 2 is 1.74 bits per heavy atom. The highest BCUT2D eigenvalue weighted by Gasteiger charge is 2.25. The van der Waals surface area contributed by atoms with Crippen LogP contribution in [0.2, 0.25) is 0 Å². The molecule has 1 aliphatic carbocycles. The van der Waals surface area contributed by atoms with Gasteiger partial charge in [0.05, 0.1) is 0 Å². The maximum absolute atomic E-state index is 11.7. The molecule has 2 rings (SSSR count). The van der Waals surface area contributed by atoms with Crippen LogP contribution in [0.25, 0.3) is 0 Å². The molecule has 1 aliphatic rings. The minimum Gasteiger partial charge on any atom is -0.444 e. The zero-order valence-electron chi connectivity index (χ0n) is 12.1. The lowest BCUT2D eigenvalue weighted by molar-refractivity contribution is 0.0488. The molecule has 1 saturated carbocycles. The molecule has 0 unspecified atom stereocenters. The fraction of sp³-hybridized carbons (Fsp3) is 0.667. The van der Waals surface area contributed by atoms with Gasteiger partial charge in [-0.25, -0.2) is 4.79 Å². The quantitative estimate of drug-likeness (QED) is 0.888. The molecule has 1 aromatic heterocycles. The second-order valence-corrected chi connectivity index (χ2v) is 6.28.